The minimum Gasteiger partial charge on any atom is -0.497 e. The molecule has 0 saturated carbocycles. The standard InChI is InChI=1S/C23H35N3O4.HI/c1-4-30-21(27)18-9-13-26(14-10-18)22(24-2)25-17-23(11-15-29-16-12-23)19-5-7-20(28-3)8-6-19;/h5-8,18H,4,9-17H2,1-3H3,(H,24,25);1H. The molecule has 0 atom stereocenters. The highest BCUT2D eigenvalue weighted by molar-refractivity contribution is 14.0. The molecule has 0 aromatic heterocycles. The fourth-order valence-corrected chi connectivity index (χ4v) is 4.44. The summed E-state index contributed by atoms with van der Waals surface area (Å²) in [5.74, 6) is 1.70. The Kier molecular flexibility index (Phi) is 10.3. The van der Waals surface area contributed by atoms with Crippen molar-refractivity contribution in [1.29, 1.82) is 0 Å². The van der Waals surface area contributed by atoms with Crippen LogP contribution in [-0.4, -0.2) is 70.4 Å². The lowest BCUT2D eigenvalue weighted by Gasteiger charge is -2.40. The van der Waals surface area contributed by atoms with Gasteiger partial charge >= 0.3 is 5.97 Å². The Morgan fingerprint density at radius 1 is 1.23 bits per heavy atom. The van der Waals surface area contributed by atoms with Gasteiger partial charge in [0.1, 0.15) is 5.75 Å². The second-order valence-electron chi connectivity index (χ2n) is 8.04. The van der Waals surface area contributed by atoms with Gasteiger partial charge in [-0.05, 0) is 50.3 Å². The van der Waals surface area contributed by atoms with Gasteiger partial charge < -0.3 is 24.4 Å². The van der Waals surface area contributed by atoms with Crippen molar-refractivity contribution in [2.45, 2.75) is 38.0 Å². The number of hydrogen-bond donors (Lipinski definition) is 1. The van der Waals surface area contributed by atoms with Crippen molar-refractivity contribution < 1.29 is 19.0 Å². The lowest BCUT2D eigenvalue weighted by molar-refractivity contribution is -0.149. The van der Waals surface area contributed by atoms with Gasteiger partial charge in [0.25, 0.3) is 0 Å². The molecule has 174 valence electrons. The summed E-state index contributed by atoms with van der Waals surface area (Å²) in [5, 5.41) is 3.62. The predicted molar refractivity (Wildman–Crippen MR) is 132 cm³/mol. The predicted octanol–water partition coefficient (Wildman–Crippen LogP) is 3.21. The summed E-state index contributed by atoms with van der Waals surface area (Å²) in [6.07, 6.45) is 3.54. The number of benzene rings is 1. The maximum absolute atomic E-state index is 12.0. The smallest absolute Gasteiger partial charge is 0.309 e. The number of aliphatic imine (C=N–C) groups is 1. The van der Waals surface area contributed by atoms with E-state index in [0.717, 1.165) is 70.2 Å². The van der Waals surface area contributed by atoms with Gasteiger partial charge in [-0.3, -0.25) is 9.79 Å². The molecule has 1 N–H and O–H groups in total. The number of piperidine rings is 1. The molecule has 2 fully saturated rings. The monoisotopic (exact) mass is 545 g/mol. The van der Waals surface area contributed by atoms with E-state index in [9.17, 15) is 4.79 Å². The van der Waals surface area contributed by atoms with E-state index in [4.69, 9.17) is 14.2 Å². The average Bonchev–Trinajstić information content (AvgIpc) is 2.80. The summed E-state index contributed by atoms with van der Waals surface area (Å²) in [5.41, 5.74) is 1.31. The zero-order chi connectivity index (χ0) is 21.4. The molecule has 0 unspecified atom stereocenters. The number of ether oxygens (including phenoxy) is 3. The lowest BCUT2D eigenvalue weighted by atomic mass is 9.74. The number of nitrogens with zero attached hydrogens (tertiary/aromatic N) is 2. The van der Waals surface area contributed by atoms with Crippen LogP contribution < -0.4 is 10.1 Å². The van der Waals surface area contributed by atoms with Crippen LogP contribution in [0.2, 0.25) is 0 Å². The Balaban J connectivity index is 0.00000341. The van der Waals surface area contributed by atoms with Crippen molar-refractivity contribution >= 4 is 35.9 Å². The molecule has 1 aromatic rings. The van der Waals surface area contributed by atoms with Crippen LogP contribution in [0.1, 0.15) is 38.2 Å². The molecule has 0 amide bonds. The Bertz CT molecular complexity index is 712. The highest BCUT2D eigenvalue weighted by Gasteiger charge is 2.35. The first kappa shape index (κ1) is 25.7. The number of esters is 1. The van der Waals surface area contributed by atoms with Gasteiger partial charge in [-0.15, -0.1) is 24.0 Å². The minimum atomic E-state index is -0.0687. The number of methoxy groups -OCH3 is 1. The van der Waals surface area contributed by atoms with Gasteiger partial charge in [-0.1, -0.05) is 12.1 Å². The van der Waals surface area contributed by atoms with Crippen LogP contribution in [0.25, 0.3) is 0 Å². The average molecular weight is 545 g/mol. The highest BCUT2D eigenvalue weighted by atomic mass is 127. The molecule has 0 bridgehead atoms. The number of rotatable bonds is 6. The lowest BCUT2D eigenvalue weighted by Crippen LogP contribution is -2.51. The van der Waals surface area contributed by atoms with Crippen LogP contribution in [-0.2, 0) is 19.7 Å². The Morgan fingerprint density at radius 3 is 2.42 bits per heavy atom. The SMILES string of the molecule is CCOC(=O)C1CCN(C(=NC)NCC2(c3ccc(OC)cc3)CCOCC2)CC1.I. The van der Waals surface area contributed by atoms with Crippen molar-refractivity contribution in [3.8, 4) is 5.75 Å². The maximum Gasteiger partial charge on any atom is 0.309 e. The number of nitrogens with one attached hydrogen (secondary N) is 1. The summed E-state index contributed by atoms with van der Waals surface area (Å²) in [6, 6.07) is 8.39. The molecule has 3 rings (SSSR count). The quantitative estimate of drug-likeness (QED) is 0.256. The maximum atomic E-state index is 12.0. The van der Waals surface area contributed by atoms with Crippen LogP contribution in [0, 0.1) is 5.92 Å². The molecule has 0 radical (unpaired) electrons. The third kappa shape index (κ3) is 6.47. The molecule has 0 spiro atoms. The first-order valence-electron chi connectivity index (χ1n) is 11.0. The normalized spacial score (nSPS) is 19.3. The molecular formula is C23H36IN3O4. The third-order valence-electron chi connectivity index (χ3n) is 6.36. The molecule has 7 nitrogen and oxygen atoms in total. The van der Waals surface area contributed by atoms with Gasteiger partial charge in [0, 0.05) is 45.3 Å². The van der Waals surface area contributed by atoms with Gasteiger partial charge in [0.2, 0.25) is 0 Å². The topological polar surface area (TPSA) is 72.4 Å². The molecule has 2 saturated heterocycles. The van der Waals surface area contributed by atoms with Gasteiger partial charge in [0.15, 0.2) is 5.96 Å². The van der Waals surface area contributed by atoms with E-state index in [-0.39, 0.29) is 41.3 Å². The van der Waals surface area contributed by atoms with E-state index < -0.39 is 0 Å². The largest absolute Gasteiger partial charge is 0.497 e. The first-order valence-corrected chi connectivity index (χ1v) is 11.0. The summed E-state index contributed by atoms with van der Waals surface area (Å²) in [4.78, 5) is 18.8. The molecule has 31 heavy (non-hydrogen) atoms. The van der Waals surface area contributed by atoms with Gasteiger partial charge in [0.05, 0.1) is 19.6 Å². The molecular weight excluding hydrogens is 509 g/mol. The Hall–Kier alpha value is -1.55. The van der Waals surface area contributed by atoms with Crippen molar-refractivity contribution in [2.75, 3.05) is 53.6 Å². The summed E-state index contributed by atoms with van der Waals surface area (Å²) < 4.78 is 16.2. The van der Waals surface area contributed by atoms with Gasteiger partial charge in [-0.2, -0.15) is 0 Å². The van der Waals surface area contributed by atoms with Crippen LogP contribution in [0.15, 0.2) is 29.3 Å². The third-order valence-corrected chi connectivity index (χ3v) is 6.36. The van der Waals surface area contributed by atoms with Crippen LogP contribution in [0.3, 0.4) is 0 Å². The summed E-state index contributed by atoms with van der Waals surface area (Å²) in [7, 11) is 3.51. The van der Waals surface area contributed by atoms with Crippen molar-refractivity contribution in [2.24, 2.45) is 10.9 Å². The number of guanidine groups is 1. The van der Waals surface area contributed by atoms with Crippen LogP contribution in [0.5, 0.6) is 5.75 Å². The zero-order valence-corrected chi connectivity index (χ0v) is 21.2. The fraction of sp³-hybridized carbons (Fsp3) is 0.652. The molecule has 0 aliphatic carbocycles. The first-order chi connectivity index (χ1) is 14.6. The van der Waals surface area contributed by atoms with E-state index >= 15 is 0 Å². The molecule has 1 aromatic carbocycles. The van der Waals surface area contributed by atoms with E-state index in [1.54, 1.807) is 7.11 Å². The molecule has 2 aliphatic heterocycles. The number of carbonyl (C=O) groups is 1. The van der Waals surface area contributed by atoms with E-state index in [1.807, 2.05) is 26.1 Å². The van der Waals surface area contributed by atoms with Crippen LogP contribution >= 0.6 is 24.0 Å². The van der Waals surface area contributed by atoms with Gasteiger partial charge in [-0.25, -0.2) is 0 Å². The highest BCUT2D eigenvalue weighted by Crippen LogP contribution is 2.35. The molecule has 2 heterocycles. The molecule has 2 aliphatic rings. The fourth-order valence-electron chi connectivity index (χ4n) is 4.44. The van der Waals surface area contributed by atoms with E-state index in [2.05, 4.69) is 27.3 Å². The summed E-state index contributed by atoms with van der Waals surface area (Å²) >= 11 is 0. The number of hydrogen-bond acceptors (Lipinski definition) is 5. The Labute approximate surface area is 202 Å². The van der Waals surface area contributed by atoms with E-state index in [1.165, 1.54) is 5.56 Å². The van der Waals surface area contributed by atoms with Crippen LogP contribution in [0.4, 0.5) is 0 Å². The van der Waals surface area contributed by atoms with Crippen molar-refractivity contribution in [1.82, 2.24) is 10.2 Å². The number of halogens is 1. The minimum absolute atomic E-state index is 0. The van der Waals surface area contributed by atoms with Crippen molar-refractivity contribution in [3.05, 3.63) is 29.8 Å². The number of carbonyl (C=O) groups excluding carboxylic acids is 1. The summed E-state index contributed by atoms with van der Waals surface area (Å²) in [6.45, 7) is 6.23. The Morgan fingerprint density at radius 2 is 1.87 bits per heavy atom. The van der Waals surface area contributed by atoms with Crippen molar-refractivity contribution in [3.63, 3.8) is 0 Å². The number of likely N-dealkylation sites (tertiary alicyclic amines) is 1. The molecule has 8 heteroatoms. The van der Waals surface area contributed by atoms with E-state index in [0.29, 0.717) is 6.61 Å². The second kappa shape index (κ2) is 12.5. The second-order valence-corrected chi connectivity index (χ2v) is 8.04. The zero-order valence-electron chi connectivity index (χ0n) is 18.9.